The Morgan fingerprint density at radius 1 is 0.842 bits per heavy atom. The summed E-state index contributed by atoms with van der Waals surface area (Å²) in [4.78, 5) is 7.69. The van der Waals surface area contributed by atoms with Crippen molar-refractivity contribution in [2.75, 3.05) is 11.4 Å². The Hall–Kier alpha value is -2.00. The molecule has 0 saturated carbocycles. The molecule has 4 rings (SSSR count). The van der Waals surface area contributed by atoms with Gasteiger partial charge in [0.25, 0.3) is 0 Å². The van der Waals surface area contributed by atoms with Gasteiger partial charge in [0.05, 0.1) is 20.6 Å². The number of aromatic nitrogens is 1. The minimum Gasteiger partial charge on any atom is -0.294 e. The largest absolute Gasteiger partial charge is 0.434 e. The minimum atomic E-state index is -4.65. The van der Waals surface area contributed by atoms with Crippen LogP contribution in [0.4, 0.5) is 29.7 Å². The van der Waals surface area contributed by atoms with Gasteiger partial charge in [-0.25, -0.2) is 4.98 Å². The Morgan fingerprint density at radius 3 is 2.05 bits per heavy atom. The molecule has 0 N–H and O–H groups in total. The number of para-hydroxylation sites is 1. The van der Waals surface area contributed by atoms with Crippen molar-refractivity contribution in [1.82, 2.24) is 9.88 Å². The molecule has 0 atom stereocenters. The first-order valence-corrected chi connectivity index (χ1v) is 13.9. The summed E-state index contributed by atoms with van der Waals surface area (Å²) in [6.07, 6.45) is -3.88. The molecule has 0 amide bonds. The number of rotatable bonds is 9. The van der Waals surface area contributed by atoms with Gasteiger partial charge in [0.1, 0.15) is 0 Å². The smallest absolute Gasteiger partial charge is 0.294 e. The zero-order chi connectivity index (χ0) is 27.4. The van der Waals surface area contributed by atoms with Crippen molar-refractivity contribution in [2.24, 2.45) is 0 Å². The van der Waals surface area contributed by atoms with Gasteiger partial charge in [-0.15, -0.1) is 0 Å². The van der Waals surface area contributed by atoms with E-state index in [0.717, 1.165) is 23.3 Å². The average molecular weight is 619 g/mol. The van der Waals surface area contributed by atoms with Crippen LogP contribution >= 0.6 is 57.7 Å². The maximum absolute atomic E-state index is 14.3. The molecule has 11 heteroatoms. The molecule has 38 heavy (non-hydrogen) atoms. The van der Waals surface area contributed by atoms with E-state index in [1.807, 2.05) is 24.0 Å². The fourth-order valence-corrected chi connectivity index (χ4v) is 6.27. The normalized spacial score (nSPS) is 11.8. The molecule has 200 valence electrons. The van der Waals surface area contributed by atoms with Gasteiger partial charge in [-0.05, 0) is 54.9 Å². The molecule has 0 aliphatic heterocycles. The summed E-state index contributed by atoms with van der Waals surface area (Å²) >= 11 is 26.1. The quantitative estimate of drug-likeness (QED) is 0.186. The maximum Gasteiger partial charge on any atom is 0.434 e. The first-order chi connectivity index (χ1) is 18.1. The molecule has 0 unspecified atom stereocenters. The molecule has 3 aromatic carbocycles. The maximum atomic E-state index is 14.3. The van der Waals surface area contributed by atoms with E-state index in [-0.39, 0.29) is 26.6 Å². The molecule has 3 nitrogen and oxygen atoms in total. The molecule has 0 saturated heterocycles. The third-order valence-electron chi connectivity index (χ3n) is 5.59. The van der Waals surface area contributed by atoms with Crippen LogP contribution in [0.5, 0.6) is 0 Å². The molecular weight excluding hydrogens is 597 g/mol. The zero-order valence-electron chi connectivity index (χ0n) is 20.1. The first-order valence-electron chi connectivity index (χ1n) is 11.6. The molecule has 0 radical (unpaired) electrons. The summed E-state index contributed by atoms with van der Waals surface area (Å²) in [6, 6.07) is 19.1. The lowest BCUT2D eigenvalue weighted by atomic mass is 10.2. The van der Waals surface area contributed by atoms with E-state index < -0.39 is 11.9 Å². The third kappa shape index (κ3) is 6.95. The third-order valence-corrected chi connectivity index (χ3v) is 7.66. The lowest BCUT2D eigenvalue weighted by molar-refractivity contribution is -0.141. The Bertz CT molecular complexity index is 1360. The van der Waals surface area contributed by atoms with Gasteiger partial charge in [-0.2, -0.15) is 13.2 Å². The fourth-order valence-electron chi connectivity index (χ4n) is 4.01. The van der Waals surface area contributed by atoms with Crippen molar-refractivity contribution in [3.8, 4) is 0 Å². The predicted octanol–water partition coefficient (Wildman–Crippen LogP) is 10.7. The van der Waals surface area contributed by atoms with Crippen molar-refractivity contribution >= 4 is 74.2 Å². The number of alkyl halides is 3. The highest BCUT2D eigenvalue weighted by Crippen LogP contribution is 2.47. The molecule has 0 fully saturated rings. The highest BCUT2D eigenvalue weighted by Gasteiger charge is 2.39. The van der Waals surface area contributed by atoms with Gasteiger partial charge in [-0.3, -0.25) is 9.80 Å². The summed E-state index contributed by atoms with van der Waals surface area (Å²) in [5, 5.41) is 1.37. The monoisotopic (exact) mass is 617 g/mol. The molecule has 0 bridgehead atoms. The first kappa shape index (κ1) is 29.0. The van der Waals surface area contributed by atoms with E-state index in [1.54, 1.807) is 42.5 Å². The summed E-state index contributed by atoms with van der Waals surface area (Å²) in [5.74, 6) is 0. The van der Waals surface area contributed by atoms with Crippen LogP contribution in [0.15, 0.2) is 66.7 Å². The van der Waals surface area contributed by atoms with Gasteiger partial charge in [0.2, 0.25) is 0 Å². The van der Waals surface area contributed by atoms with Crippen LogP contribution in [-0.4, -0.2) is 16.4 Å². The van der Waals surface area contributed by atoms with Gasteiger partial charge in [-0.1, -0.05) is 95.0 Å². The van der Waals surface area contributed by atoms with Crippen molar-refractivity contribution in [2.45, 2.75) is 32.6 Å². The summed E-state index contributed by atoms with van der Waals surface area (Å²) in [6.45, 7) is 3.12. The lowest BCUT2D eigenvalue weighted by Gasteiger charge is -2.24. The fraction of sp³-hybridized carbons (Fsp3) is 0.222. The van der Waals surface area contributed by atoms with Crippen LogP contribution < -0.4 is 4.90 Å². The highest BCUT2D eigenvalue weighted by atomic mass is 35.5. The second-order valence-electron chi connectivity index (χ2n) is 8.49. The number of benzene rings is 3. The van der Waals surface area contributed by atoms with E-state index in [1.165, 1.54) is 17.0 Å². The van der Waals surface area contributed by atoms with E-state index in [2.05, 4.69) is 4.98 Å². The minimum absolute atomic E-state index is 0.0632. The standard InChI is InChI=1S/C27H22Cl4F3N3S/c1-2-12-36(15-17-8-10-18(28)11-9-17)16-23-25(27(32,33)34)35-26(38-23)37(20-6-4-3-5-7-20)24-21(30)13-19(29)14-22(24)31/h3-11,13-14H,2,12,15-16H2,1H3. The highest BCUT2D eigenvalue weighted by molar-refractivity contribution is 7.15. The number of hydrogen-bond donors (Lipinski definition) is 0. The van der Waals surface area contributed by atoms with Gasteiger partial charge < -0.3 is 0 Å². The lowest BCUT2D eigenvalue weighted by Crippen LogP contribution is -2.24. The number of halogens is 7. The van der Waals surface area contributed by atoms with Crippen LogP contribution in [0.3, 0.4) is 0 Å². The van der Waals surface area contributed by atoms with Gasteiger partial charge >= 0.3 is 6.18 Å². The van der Waals surface area contributed by atoms with E-state index >= 15 is 0 Å². The van der Waals surface area contributed by atoms with Crippen molar-refractivity contribution in [3.05, 3.63) is 103 Å². The van der Waals surface area contributed by atoms with Crippen LogP contribution in [0.2, 0.25) is 20.1 Å². The Labute approximate surface area is 243 Å². The van der Waals surface area contributed by atoms with Crippen molar-refractivity contribution in [3.63, 3.8) is 0 Å². The molecule has 0 spiro atoms. The molecular formula is C27H22Cl4F3N3S. The van der Waals surface area contributed by atoms with Gasteiger partial charge in [0.15, 0.2) is 10.8 Å². The van der Waals surface area contributed by atoms with Crippen LogP contribution in [-0.2, 0) is 19.3 Å². The number of thiazole rings is 1. The molecule has 0 aliphatic carbocycles. The van der Waals surface area contributed by atoms with Crippen LogP contribution in [0.25, 0.3) is 0 Å². The van der Waals surface area contributed by atoms with Crippen molar-refractivity contribution in [1.29, 1.82) is 0 Å². The van der Waals surface area contributed by atoms with Crippen molar-refractivity contribution < 1.29 is 13.2 Å². The SMILES string of the molecule is CCCN(Cc1ccc(Cl)cc1)Cc1sc(N(c2ccccc2)c2c(Cl)cc(Cl)cc2Cl)nc1C(F)(F)F. The van der Waals surface area contributed by atoms with Crippen LogP contribution in [0.1, 0.15) is 29.5 Å². The molecule has 0 aliphatic rings. The summed E-state index contributed by atoms with van der Waals surface area (Å²) in [5.41, 5.74) is 0.868. The molecule has 1 aromatic heterocycles. The molecule has 1 heterocycles. The Morgan fingerprint density at radius 2 is 1.47 bits per heavy atom. The second-order valence-corrected chi connectivity index (χ2v) is 11.2. The second kappa shape index (κ2) is 12.5. The number of hydrogen-bond acceptors (Lipinski definition) is 4. The molecule has 4 aromatic rings. The van der Waals surface area contributed by atoms with Gasteiger partial charge in [0, 0.05) is 28.8 Å². The Balaban J connectivity index is 1.80. The predicted molar refractivity (Wildman–Crippen MR) is 153 cm³/mol. The topological polar surface area (TPSA) is 19.4 Å². The summed E-state index contributed by atoms with van der Waals surface area (Å²) < 4.78 is 42.8. The van der Waals surface area contributed by atoms with E-state index in [4.69, 9.17) is 46.4 Å². The summed E-state index contributed by atoms with van der Waals surface area (Å²) in [7, 11) is 0. The van der Waals surface area contributed by atoms with Crippen LogP contribution in [0, 0.1) is 0 Å². The Kier molecular flexibility index (Phi) is 9.50. The zero-order valence-corrected chi connectivity index (χ0v) is 23.9. The number of nitrogens with zero attached hydrogens (tertiary/aromatic N) is 3. The van der Waals surface area contributed by atoms with E-state index in [9.17, 15) is 13.2 Å². The number of anilines is 3. The average Bonchev–Trinajstić information content (AvgIpc) is 3.27. The van der Waals surface area contributed by atoms with E-state index in [0.29, 0.717) is 34.5 Å².